The van der Waals surface area contributed by atoms with Crippen LogP contribution in [0.4, 0.5) is 0 Å². The Morgan fingerprint density at radius 1 is 0.889 bits per heavy atom. The van der Waals surface area contributed by atoms with Gasteiger partial charge in [-0.2, -0.15) is 0 Å². The number of aliphatic hydroxyl groups is 1. The number of hydrogen-bond acceptors (Lipinski definition) is 3. The van der Waals surface area contributed by atoms with E-state index in [1.165, 1.54) is 38.5 Å². The van der Waals surface area contributed by atoms with E-state index < -0.39 is 0 Å². The highest BCUT2D eigenvalue weighted by molar-refractivity contribution is 4.83. The van der Waals surface area contributed by atoms with Crippen LogP contribution in [0.15, 0.2) is 0 Å². The van der Waals surface area contributed by atoms with Gasteiger partial charge < -0.3 is 15.2 Å². The van der Waals surface area contributed by atoms with Gasteiger partial charge in [-0.3, -0.25) is 0 Å². The first-order chi connectivity index (χ1) is 8.79. The summed E-state index contributed by atoms with van der Waals surface area (Å²) in [6, 6.07) is 0.211. The van der Waals surface area contributed by atoms with Crippen LogP contribution in [-0.4, -0.2) is 36.5 Å². The summed E-state index contributed by atoms with van der Waals surface area (Å²) in [5, 5.41) is 13.2. The van der Waals surface area contributed by atoms with Gasteiger partial charge in [-0.15, -0.1) is 0 Å². The molecule has 106 valence electrons. The number of rotatable bonds is 3. The first-order valence-corrected chi connectivity index (χ1v) is 7.80. The van der Waals surface area contributed by atoms with Crippen molar-refractivity contribution in [1.82, 2.24) is 5.32 Å². The Morgan fingerprint density at radius 2 is 1.56 bits per heavy atom. The van der Waals surface area contributed by atoms with E-state index in [4.69, 9.17) is 4.74 Å². The second-order valence-electron chi connectivity index (χ2n) is 6.00. The summed E-state index contributed by atoms with van der Waals surface area (Å²) < 4.78 is 6.32. The lowest BCUT2D eigenvalue weighted by molar-refractivity contribution is -0.0315. The molecule has 3 nitrogen and oxygen atoms in total. The van der Waals surface area contributed by atoms with Crippen molar-refractivity contribution in [2.75, 3.05) is 7.05 Å². The van der Waals surface area contributed by atoms with Crippen LogP contribution in [0.2, 0.25) is 0 Å². The zero-order valence-electron chi connectivity index (χ0n) is 11.7. The van der Waals surface area contributed by atoms with Gasteiger partial charge in [-0.05, 0) is 45.6 Å². The molecule has 0 amide bonds. The molecular formula is C15H29NO2. The van der Waals surface area contributed by atoms with Crippen LogP contribution in [0.5, 0.6) is 0 Å². The quantitative estimate of drug-likeness (QED) is 0.762. The van der Waals surface area contributed by atoms with Crippen molar-refractivity contribution < 1.29 is 9.84 Å². The molecule has 2 aliphatic carbocycles. The van der Waals surface area contributed by atoms with Crippen molar-refractivity contribution in [2.45, 2.75) is 88.6 Å². The van der Waals surface area contributed by atoms with Crippen molar-refractivity contribution in [2.24, 2.45) is 0 Å². The molecule has 2 aliphatic rings. The molecule has 0 saturated heterocycles. The molecule has 0 spiro atoms. The number of ether oxygens (including phenoxy) is 1. The first-order valence-electron chi connectivity index (χ1n) is 7.80. The van der Waals surface area contributed by atoms with Crippen LogP contribution in [0.1, 0.15) is 64.2 Å². The van der Waals surface area contributed by atoms with Gasteiger partial charge in [0.1, 0.15) is 0 Å². The Bertz CT molecular complexity index is 227. The van der Waals surface area contributed by atoms with Gasteiger partial charge in [-0.1, -0.05) is 25.7 Å². The van der Waals surface area contributed by atoms with E-state index >= 15 is 0 Å². The van der Waals surface area contributed by atoms with Crippen molar-refractivity contribution >= 4 is 0 Å². The average Bonchev–Trinajstić information content (AvgIpc) is 2.71. The molecule has 2 fully saturated rings. The molecule has 0 bridgehead atoms. The fraction of sp³-hybridized carbons (Fsp3) is 1.00. The summed E-state index contributed by atoms with van der Waals surface area (Å²) in [6.45, 7) is 0. The largest absolute Gasteiger partial charge is 0.392 e. The van der Waals surface area contributed by atoms with E-state index in [1.807, 2.05) is 7.05 Å². The van der Waals surface area contributed by atoms with Crippen molar-refractivity contribution in [3.05, 3.63) is 0 Å². The molecule has 3 heteroatoms. The fourth-order valence-electron chi connectivity index (χ4n) is 3.40. The summed E-state index contributed by atoms with van der Waals surface area (Å²) in [5.41, 5.74) is 0. The third-order valence-electron chi connectivity index (χ3n) is 4.57. The lowest BCUT2D eigenvalue weighted by Gasteiger charge is -2.26. The Balaban J connectivity index is 1.83. The SMILES string of the molecule is CN[C@H]1CC(OC2CCCCCC2)CCC[C@@H]1O. The van der Waals surface area contributed by atoms with Crippen LogP contribution >= 0.6 is 0 Å². The van der Waals surface area contributed by atoms with E-state index in [2.05, 4.69) is 5.32 Å². The topological polar surface area (TPSA) is 41.5 Å². The highest BCUT2D eigenvalue weighted by atomic mass is 16.5. The molecule has 2 rings (SSSR count). The van der Waals surface area contributed by atoms with Crippen molar-refractivity contribution in [3.63, 3.8) is 0 Å². The lowest BCUT2D eigenvalue weighted by Crippen LogP contribution is -2.39. The van der Waals surface area contributed by atoms with Gasteiger partial charge >= 0.3 is 0 Å². The lowest BCUT2D eigenvalue weighted by atomic mass is 10.1. The van der Waals surface area contributed by atoms with Gasteiger partial charge in [0.05, 0.1) is 18.3 Å². The predicted molar refractivity (Wildman–Crippen MR) is 73.7 cm³/mol. The molecule has 3 atom stereocenters. The monoisotopic (exact) mass is 255 g/mol. The maximum Gasteiger partial charge on any atom is 0.0694 e. The number of nitrogens with one attached hydrogen (secondary N) is 1. The van der Waals surface area contributed by atoms with Crippen molar-refractivity contribution in [1.29, 1.82) is 0 Å². The molecule has 2 saturated carbocycles. The Morgan fingerprint density at radius 3 is 2.22 bits per heavy atom. The minimum Gasteiger partial charge on any atom is -0.392 e. The summed E-state index contributed by atoms with van der Waals surface area (Å²) in [6.07, 6.45) is 12.6. The summed E-state index contributed by atoms with van der Waals surface area (Å²) in [7, 11) is 1.95. The molecule has 18 heavy (non-hydrogen) atoms. The molecule has 0 aromatic rings. The Kier molecular flexibility index (Phi) is 5.93. The molecule has 1 unspecified atom stereocenters. The summed E-state index contributed by atoms with van der Waals surface area (Å²) in [4.78, 5) is 0. The van der Waals surface area contributed by atoms with Gasteiger partial charge in [0.15, 0.2) is 0 Å². The standard InChI is InChI=1S/C15H29NO2/c1-16-14-11-13(9-6-10-15(14)17)18-12-7-4-2-3-5-8-12/h12-17H,2-11H2,1H3/t13?,14-,15-/m0/s1. The smallest absolute Gasteiger partial charge is 0.0694 e. The highest BCUT2D eigenvalue weighted by Gasteiger charge is 2.28. The molecule has 2 N–H and O–H groups in total. The molecule has 0 aromatic carbocycles. The Labute approximate surface area is 111 Å². The third kappa shape index (κ3) is 4.22. The van der Waals surface area contributed by atoms with E-state index in [9.17, 15) is 5.11 Å². The molecule has 0 heterocycles. The minimum atomic E-state index is -0.197. The van der Waals surface area contributed by atoms with Crippen LogP contribution in [0.25, 0.3) is 0 Å². The highest BCUT2D eigenvalue weighted by Crippen LogP contribution is 2.26. The maximum absolute atomic E-state index is 10.00. The van der Waals surface area contributed by atoms with E-state index in [1.54, 1.807) is 0 Å². The van der Waals surface area contributed by atoms with Crippen LogP contribution in [0, 0.1) is 0 Å². The van der Waals surface area contributed by atoms with Crippen LogP contribution in [0.3, 0.4) is 0 Å². The van der Waals surface area contributed by atoms with E-state index in [0.717, 1.165) is 25.7 Å². The molecule has 0 radical (unpaired) electrons. The molecule has 0 aromatic heterocycles. The van der Waals surface area contributed by atoms with Crippen LogP contribution in [-0.2, 0) is 4.74 Å². The summed E-state index contributed by atoms with van der Waals surface area (Å²) in [5.74, 6) is 0. The molecular weight excluding hydrogens is 226 g/mol. The van der Waals surface area contributed by atoms with Gasteiger partial charge in [0.25, 0.3) is 0 Å². The fourth-order valence-corrected chi connectivity index (χ4v) is 3.40. The summed E-state index contributed by atoms with van der Waals surface area (Å²) >= 11 is 0. The second kappa shape index (κ2) is 7.46. The Hall–Kier alpha value is -0.120. The van der Waals surface area contributed by atoms with Gasteiger partial charge in [0, 0.05) is 6.04 Å². The first kappa shape index (κ1) is 14.3. The normalized spacial score (nSPS) is 36.0. The maximum atomic E-state index is 10.00. The number of aliphatic hydroxyl groups excluding tert-OH is 1. The minimum absolute atomic E-state index is 0.197. The molecule has 0 aliphatic heterocycles. The zero-order chi connectivity index (χ0) is 12.8. The number of hydrogen-bond donors (Lipinski definition) is 2. The average molecular weight is 255 g/mol. The van der Waals surface area contributed by atoms with Crippen molar-refractivity contribution in [3.8, 4) is 0 Å². The van der Waals surface area contributed by atoms with Gasteiger partial charge in [0.2, 0.25) is 0 Å². The predicted octanol–water partition coefficient (Wildman–Crippen LogP) is 2.62. The zero-order valence-corrected chi connectivity index (χ0v) is 11.7. The van der Waals surface area contributed by atoms with Gasteiger partial charge in [-0.25, -0.2) is 0 Å². The van der Waals surface area contributed by atoms with Crippen LogP contribution < -0.4 is 5.32 Å². The third-order valence-corrected chi connectivity index (χ3v) is 4.57. The van der Waals surface area contributed by atoms with E-state index in [-0.39, 0.29) is 12.1 Å². The van der Waals surface area contributed by atoms with E-state index in [0.29, 0.717) is 12.2 Å². The second-order valence-corrected chi connectivity index (χ2v) is 6.00. The number of likely N-dealkylation sites (N-methyl/N-ethyl adjacent to an activating group) is 1.